The molecule has 342 valence electrons. The molecule has 1 unspecified atom stereocenters. The average Bonchev–Trinajstić information content (AvgIpc) is 3.90. The lowest BCUT2D eigenvalue weighted by Gasteiger charge is -2.31. The number of nitrogens with zero attached hydrogens (tertiary/aromatic N) is 2. The fourth-order valence-corrected chi connectivity index (χ4v) is 9.78. The number of rotatable bonds is 23. The molecule has 1 amide bonds. The zero-order chi connectivity index (χ0) is 44.8. The molecule has 4 aromatic rings. The van der Waals surface area contributed by atoms with Crippen molar-refractivity contribution in [2.45, 2.75) is 69.3 Å². The monoisotopic (exact) mass is 909 g/mol. The van der Waals surface area contributed by atoms with Crippen molar-refractivity contribution in [2.24, 2.45) is 11.8 Å². The Balaban J connectivity index is 1.16. The molecule has 63 heavy (non-hydrogen) atoms. The van der Waals surface area contributed by atoms with Crippen LogP contribution in [0, 0.1) is 11.8 Å². The van der Waals surface area contributed by atoms with Crippen LogP contribution >= 0.6 is 7.57 Å². The van der Waals surface area contributed by atoms with Gasteiger partial charge in [-0.3, -0.25) is 0 Å². The van der Waals surface area contributed by atoms with Crippen LogP contribution in [-0.4, -0.2) is 118 Å². The minimum Gasteiger partial charge on any atom is -0.492 e. The summed E-state index contributed by atoms with van der Waals surface area (Å²) >= 11 is 0. The topological polar surface area (TPSA) is 175 Å². The van der Waals surface area contributed by atoms with Crippen molar-refractivity contribution < 1.29 is 55.9 Å². The van der Waals surface area contributed by atoms with Crippen LogP contribution in [0.2, 0.25) is 0 Å². The number of benzene rings is 4. The molecule has 0 saturated carbocycles. The number of hydrogen-bond acceptors (Lipinski definition) is 13. The van der Waals surface area contributed by atoms with E-state index >= 15 is 0 Å². The summed E-state index contributed by atoms with van der Waals surface area (Å²) < 4.78 is 70.3. The lowest BCUT2D eigenvalue weighted by Crippen LogP contribution is -2.51. The summed E-state index contributed by atoms with van der Waals surface area (Å²) in [7, 11) is -3.95. The van der Waals surface area contributed by atoms with Crippen LogP contribution in [-0.2, 0) is 52.9 Å². The van der Waals surface area contributed by atoms with E-state index in [-0.39, 0.29) is 61.8 Å². The molecule has 0 spiro atoms. The van der Waals surface area contributed by atoms with Gasteiger partial charge in [-0.25, -0.2) is 13.2 Å². The van der Waals surface area contributed by atoms with Crippen LogP contribution in [0.5, 0.6) is 11.5 Å². The number of amides is 1. The van der Waals surface area contributed by atoms with Gasteiger partial charge in [-0.15, -0.1) is 0 Å². The second-order valence-electron chi connectivity index (χ2n) is 16.3. The predicted molar refractivity (Wildman–Crippen MR) is 240 cm³/mol. The Morgan fingerprint density at radius 2 is 1.48 bits per heavy atom. The minimum absolute atomic E-state index is 0.0447. The maximum atomic E-state index is 14.3. The third-order valence-electron chi connectivity index (χ3n) is 10.5. The van der Waals surface area contributed by atoms with E-state index in [0.717, 1.165) is 29.2 Å². The van der Waals surface area contributed by atoms with Gasteiger partial charge in [0, 0.05) is 19.6 Å². The second-order valence-corrected chi connectivity index (χ2v) is 20.1. The normalized spacial score (nSPS) is 18.6. The Bertz CT molecular complexity index is 2130. The Kier molecular flexibility index (Phi) is 17.6. The average molecular weight is 910 g/mol. The molecule has 17 heteroatoms. The van der Waals surface area contributed by atoms with Gasteiger partial charge in [-0.05, 0) is 85.9 Å². The number of sulfonamides is 1. The number of fused-ring (bicyclic) bond motifs is 1. The SMILES string of the molecule is CC(C)CN(C[C@@H](O)[C@H](Cc1ccc(OCCN(C)C)cc1)NC(=O)OC1CO[C@H]2OCC[C@@H]12)S(=O)(=O)c1ccc(OC=P(O)(OCc2ccccc2)OCc2ccccc2)cc1. The molecule has 0 bridgehead atoms. The predicted octanol–water partition coefficient (Wildman–Crippen LogP) is 6.06. The fourth-order valence-electron chi connectivity index (χ4n) is 7.04. The first-order valence-electron chi connectivity index (χ1n) is 21.1. The molecule has 15 nitrogen and oxygen atoms in total. The Morgan fingerprint density at radius 1 is 0.857 bits per heavy atom. The van der Waals surface area contributed by atoms with E-state index in [1.165, 1.54) is 28.6 Å². The summed E-state index contributed by atoms with van der Waals surface area (Å²) in [6, 6.07) is 30.8. The van der Waals surface area contributed by atoms with E-state index in [4.69, 9.17) is 32.7 Å². The standard InChI is InChI=1S/C46H60N3O12PS/c1-34(2)28-49(29-43(50)42(27-35-15-17-38(18-16-35)55-26-24-48(3)4)47-46(51)61-44-32-57-45-41(44)23-25-56-45)63(53,54)40-21-19-39(20-22-40)58-33-62(52,59-30-36-11-7-5-8-12-36)60-31-37-13-9-6-10-14-37/h5-22,33-34,41-45,50,52H,23-32H2,1-4H3,(H,47,51)/t41-,42-,43+,44?,45+/m0/s1. The molecule has 0 radical (unpaired) electrons. The van der Waals surface area contributed by atoms with Crippen molar-refractivity contribution in [3.63, 3.8) is 0 Å². The lowest BCUT2D eigenvalue weighted by atomic mass is 10.0. The van der Waals surface area contributed by atoms with Gasteiger partial charge in [-0.1, -0.05) is 86.6 Å². The molecule has 0 aliphatic carbocycles. The number of aliphatic hydroxyl groups is 1. The molecule has 4 aromatic carbocycles. The summed E-state index contributed by atoms with van der Waals surface area (Å²) in [4.78, 5) is 26.9. The van der Waals surface area contributed by atoms with Gasteiger partial charge in [0.05, 0.1) is 49.4 Å². The molecule has 5 atom stereocenters. The molecule has 2 fully saturated rings. The van der Waals surface area contributed by atoms with Gasteiger partial charge >= 0.3 is 6.09 Å². The van der Waals surface area contributed by atoms with Crippen LogP contribution in [0.15, 0.2) is 114 Å². The molecule has 2 heterocycles. The smallest absolute Gasteiger partial charge is 0.407 e. The van der Waals surface area contributed by atoms with E-state index in [9.17, 15) is 23.2 Å². The summed E-state index contributed by atoms with van der Waals surface area (Å²) in [6.45, 7) is 5.60. The van der Waals surface area contributed by atoms with Crippen molar-refractivity contribution in [1.29, 1.82) is 0 Å². The first-order chi connectivity index (χ1) is 30.3. The number of carbonyl (C=O) groups is 1. The quantitative estimate of drug-likeness (QED) is 0.0734. The van der Waals surface area contributed by atoms with Crippen LogP contribution in [0.3, 0.4) is 0 Å². The van der Waals surface area contributed by atoms with Gasteiger partial charge in [0.2, 0.25) is 10.0 Å². The molecule has 2 aliphatic heterocycles. The van der Waals surface area contributed by atoms with Crippen molar-refractivity contribution in [1.82, 2.24) is 14.5 Å². The van der Waals surface area contributed by atoms with Gasteiger partial charge < -0.3 is 52.9 Å². The molecular weight excluding hydrogens is 850 g/mol. The largest absolute Gasteiger partial charge is 0.492 e. The van der Waals surface area contributed by atoms with Crippen molar-refractivity contribution in [2.75, 3.05) is 53.6 Å². The molecule has 0 aromatic heterocycles. The zero-order valence-corrected chi connectivity index (χ0v) is 37.9. The number of hydrogen-bond donors (Lipinski definition) is 3. The number of likely N-dealkylation sites (N-methyl/N-ethyl adjacent to an activating group) is 1. The molecule has 2 saturated heterocycles. The maximum absolute atomic E-state index is 14.3. The number of ether oxygens (including phenoxy) is 5. The first kappa shape index (κ1) is 48.1. The Morgan fingerprint density at radius 3 is 2.08 bits per heavy atom. The van der Waals surface area contributed by atoms with E-state index in [0.29, 0.717) is 25.4 Å². The highest BCUT2D eigenvalue weighted by atomic mass is 32.2. The molecule has 6 rings (SSSR count). The van der Waals surface area contributed by atoms with Gasteiger partial charge in [-0.2, -0.15) is 4.31 Å². The minimum atomic E-state index is -4.19. The van der Waals surface area contributed by atoms with Gasteiger partial charge in [0.25, 0.3) is 7.57 Å². The highest BCUT2D eigenvalue weighted by Gasteiger charge is 2.44. The summed E-state index contributed by atoms with van der Waals surface area (Å²) in [5, 5.41) is 14.7. The van der Waals surface area contributed by atoms with E-state index in [1.54, 1.807) is 0 Å². The Labute approximate surface area is 371 Å². The van der Waals surface area contributed by atoms with Crippen LogP contribution in [0.4, 0.5) is 4.79 Å². The lowest BCUT2D eigenvalue weighted by molar-refractivity contribution is -0.0907. The fraction of sp³-hybridized carbons (Fsp3) is 0.435. The van der Waals surface area contributed by atoms with E-state index in [2.05, 4.69) is 5.32 Å². The Hall–Kier alpha value is -4.32. The highest BCUT2D eigenvalue weighted by Crippen LogP contribution is 2.46. The van der Waals surface area contributed by atoms with Gasteiger partial charge in [0.15, 0.2) is 12.3 Å². The van der Waals surface area contributed by atoms with Crippen LogP contribution in [0.25, 0.3) is 0 Å². The molecule has 3 N–H and O–H groups in total. The summed E-state index contributed by atoms with van der Waals surface area (Å²) in [5.41, 5.74) is 2.43. The maximum Gasteiger partial charge on any atom is 0.407 e. The molecular formula is C46H60N3O12PS. The van der Waals surface area contributed by atoms with E-state index < -0.39 is 48.2 Å². The number of nitrogens with one attached hydrogen (secondary N) is 1. The first-order valence-corrected chi connectivity index (χ1v) is 24.2. The zero-order valence-electron chi connectivity index (χ0n) is 36.2. The van der Waals surface area contributed by atoms with Crippen molar-refractivity contribution in [3.8, 4) is 11.5 Å². The van der Waals surface area contributed by atoms with Crippen LogP contribution < -0.4 is 14.8 Å². The summed E-state index contributed by atoms with van der Waals surface area (Å²) in [5.74, 6) is 1.82. The number of aliphatic hydroxyl groups excluding tert-OH is 1. The second kappa shape index (κ2) is 23.0. The van der Waals surface area contributed by atoms with E-state index in [1.807, 2.05) is 118 Å². The highest BCUT2D eigenvalue weighted by molar-refractivity contribution is 7.89. The van der Waals surface area contributed by atoms with Gasteiger partial charge in [0.1, 0.15) is 24.2 Å². The van der Waals surface area contributed by atoms with Crippen molar-refractivity contribution >= 4 is 29.7 Å². The third-order valence-corrected chi connectivity index (χ3v) is 13.7. The molecule has 2 aliphatic rings. The number of carbonyl (C=O) groups excluding carboxylic acids is 1. The summed E-state index contributed by atoms with van der Waals surface area (Å²) in [6.07, 6.45) is -2.17. The van der Waals surface area contributed by atoms with Crippen molar-refractivity contribution in [3.05, 3.63) is 126 Å². The van der Waals surface area contributed by atoms with Crippen LogP contribution in [0.1, 0.15) is 37.0 Å². The third kappa shape index (κ3) is 14.6. The number of alkyl carbamates (subject to hydrolysis) is 1.